The smallest absolute Gasteiger partial charge is 0.311 e. The molecule has 2 amide bonds. The Bertz CT molecular complexity index is 1010. The number of carbonyl (C=O) groups is 4. The minimum atomic E-state index is -0.713. The van der Waals surface area contributed by atoms with Gasteiger partial charge in [0, 0.05) is 29.2 Å². The van der Waals surface area contributed by atoms with Crippen LogP contribution in [0.5, 0.6) is 0 Å². The number of ketones is 1. The van der Waals surface area contributed by atoms with Crippen LogP contribution in [0.2, 0.25) is 10.0 Å². The lowest BCUT2D eigenvalue weighted by Gasteiger charge is -2.18. The molecule has 9 heteroatoms. The monoisotopic (exact) mass is 448 g/mol. The lowest BCUT2D eigenvalue weighted by atomic mass is 10.1. The molecule has 2 aromatic rings. The van der Waals surface area contributed by atoms with E-state index < -0.39 is 24.4 Å². The first-order chi connectivity index (χ1) is 14.2. The van der Waals surface area contributed by atoms with Crippen molar-refractivity contribution in [1.29, 1.82) is 0 Å². The summed E-state index contributed by atoms with van der Waals surface area (Å²) < 4.78 is 5.07. The summed E-state index contributed by atoms with van der Waals surface area (Å²) in [6.07, 6.45) is -0.0458. The number of hydrogen-bond acceptors (Lipinski definition) is 5. The molecule has 0 spiro atoms. The molecule has 0 aliphatic carbocycles. The molecule has 30 heavy (non-hydrogen) atoms. The maximum atomic E-state index is 12.3. The molecule has 0 saturated carbocycles. The van der Waals surface area contributed by atoms with E-state index in [0.29, 0.717) is 27.0 Å². The van der Waals surface area contributed by atoms with Gasteiger partial charge in [-0.1, -0.05) is 23.2 Å². The van der Waals surface area contributed by atoms with E-state index in [0.717, 1.165) is 0 Å². The Kier molecular flexibility index (Phi) is 6.74. The topological polar surface area (TPSA) is 92.8 Å². The van der Waals surface area contributed by atoms with Crippen molar-refractivity contribution in [2.24, 2.45) is 5.92 Å². The van der Waals surface area contributed by atoms with Crippen LogP contribution in [-0.4, -0.2) is 36.7 Å². The van der Waals surface area contributed by atoms with E-state index >= 15 is 0 Å². The van der Waals surface area contributed by atoms with E-state index in [4.69, 9.17) is 27.9 Å². The van der Waals surface area contributed by atoms with Crippen LogP contribution in [-0.2, 0) is 19.1 Å². The maximum absolute atomic E-state index is 12.3. The van der Waals surface area contributed by atoms with E-state index in [1.807, 2.05) is 0 Å². The van der Waals surface area contributed by atoms with Crippen LogP contribution in [0.25, 0.3) is 0 Å². The molecular formula is C21H18Cl2N2O5. The van der Waals surface area contributed by atoms with Gasteiger partial charge in [0.15, 0.2) is 12.4 Å². The average molecular weight is 449 g/mol. The third kappa shape index (κ3) is 5.17. The van der Waals surface area contributed by atoms with E-state index in [9.17, 15) is 19.2 Å². The minimum Gasteiger partial charge on any atom is -0.455 e. The average Bonchev–Trinajstić information content (AvgIpc) is 3.10. The molecule has 1 N–H and O–H groups in total. The molecule has 1 fully saturated rings. The van der Waals surface area contributed by atoms with Gasteiger partial charge in [-0.15, -0.1) is 0 Å². The third-order valence-electron chi connectivity index (χ3n) is 4.58. The van der Waals surface area contributed by atoms with Gasteiger partial charge in [-0.2, -0.15) is 0 Å². The fraction of sp³-hybridized carbons (Fsp3) is 0.238. The number of Topliss-reactive ketones (excluding diaryl/α,β-unsaturated/α-hetero) is 1. The van der Waals surface area contributed by atoms with Crippen molar-refractivity contribution in [3.63, 3.8) is 0 Å². The zero-order chi connectivity index (χ0) is 21.8. The zero-order valence-corrected chi connectivity index (χ0v) is 17.5. The molecule has 156 valence electrons. The van der Waals surface area contributed by atoms with Crippen molar-refractivity contribution in [2.45, 2.75) is 13.3 Å². The van der Waals surface area contributed by atoms with E-state index in [1.54, 1.807) is 42.5 Å². The molecule has 7 nitrogen and oxygen atoms in total. The molecule has 1 atom stereocenters. The number of carbonyl (C=O) groups excluding carboxylic acids is 4. The standard InChI is InChI=1S/C21H18Cl2N2O5/c1-12(26)13-2-5-16(6-3-13)24-19(27)11-30-21(29)14-8-20(28)25(10-14)18-9-15(22)4-7-17(18)23/h2-7,9,14H,8,10-11H2,1H3,(H,24,27)/t14-/m0/s1. The number of halogens is 2. The summed E-state index contributed by atoms with van der Waals surface area (Å²) in [5.74, 6) is -2.25. The number of anilines is 2. The summed E-state index contributed by atoms with van der Waals surface area (Å²) in [5, 5.41) is 3.34. The maximum Gasteiger partial charge on any atom is 0.311 e. The van der Waals surface area contributed by atoms with E-state index in [1.165, 1.54) is 11.8 Å². The summed E-state index contributed by atoms with van der Waals surface area (Å²) >= 11 is 12.1. The van der Waals surface area contributed by atoms with Gasteiger partial charge in [0.1, 0.15) is 0 Å². The Morgan fingerprint density at radius 2 is 1.83 bits per heavy atom. The minimum absolute atomic E-state index is 0.0458. The van der Waals surface area contributed by atoms with Crippen molar-refractivity contribution in [3.8, 4) is 0 Å². The molecule has 0 unspecified atom stereocenters. The Morgan fingerprint density at radius 1 is 1.13 bits per heavy atom. The van der Waals surface area contributed by atoms with E-state index in [2.05, 4.69) is 5.32 Å². The fourth-order valence-corrected chi connectivity index (χ4v) is 3.42. The zero-order valence-electron chi connectivity index (χ0n) is 16.0. The molecule has 2 aromatic carbocycles. The summed E-state index contributed by atoms with van der Waals surface area (Å²) in [6.45, 7) is 1.05. The summed E-state index contributed by atoms with van der Waals surface area (Å²) in [5.41, 5.74) is 1.42. The van der Waals surface area contributed by atoms with Crippen LogP contribution < -0.4 is 10.2 Å². The highest BCUT2D eigenvalue weighted by atomic mass is 35.5. The first-order valence-electron chi connectivity index (χ1n) is 9.07. The number of amides is 2. The second-order valence-electron chi connectivity index (χ2n) is 6.79. The second kappa shape index (κ2) is 9.28. The predicted molar refractivity (Wildman–Crippen MR) is 113 cm³/mol. The molecule has 1 heterocycles. The molecule has 1 aliphatic heterocycles. The van der Waals surface area contributed by atoms with Crippen molar-refractivity contribution >= 4 is 58.1 Å². The highest BCUT2D eigenvalue weighted by molar-refractivity contribution is 6.35. The van der Waals surface area contributed by atoms with Gasteiger partial charge in [0.05, 0.1) is 16.6 Å². The number of hydrogen-bond donors (Lipinski definition) is 1. The largest absolute Gasteiger partial charge is 0.455 e. The summed E-state index contributed by atoms with van der Waals surface area (Å²) in [4.78, 5) is 49.3. The van der Waals surface area contributed by atoms with Gasteiger partial charge in [0.2, 0.25) is 5.91 Å². The van der Waals surface area contributed by atoms with Gasteiger partial charge in [0.25, 0.3) is 5.91 Å². The summed E-state index contributed by atoms with van der Waals surface area (Å²) in [6, 6.07) is 11.1. The predicted octanol–water partition coefficient (Wildman–Crippen LogP) is 3.73. The van der Waals surface area contributed by atoms with Gasteiger partial charge < -0.3 is 15.0 Å². The molecule has 3 rings (SSSR count). The fourth-order valence-electron chi connectivity index (χ4n) is 3.03. The first-order valence-corrected chi connectivity index (χ1v) is 9.83. The van der Waals surface area contributed by atoms with Gasteiger partial charge in [-0.25, -0.2) is 0 Å². The third-order valence-corrected chi connectivity index (χ3v) is 5.13. The Balaban J connectivity index is 1.53. The van der Waals surface area contributed by atoms with E-state index in [-0.39, 0.29) is 24.7 Å². The Labute approximate surface area is 182 Å². The lowest BCUT2D eigenvalue weighted by molar-refractivity contribution is -0.151. The number of rotatable bonds is 6. The molecule has 0 aromatic heterocycles. The quantitative estimate of drug-likeness (QED) is 0.536. The van der Waals surface area contributed by atoms with Crippen molar-refractivity contribution in [2.75, 3.05) is 23.4 Å². The van der Waals surface area contributed by atoms with Crippen LogP contribution in [0.1, 0.15) is 23.7 Å². The molecular weight excluding hydrogens is 431 g/mol. The van der Waals surface area contributed by atoms with Crippen molar-refractivity contribution in [1.82, 2.24) is 0 Å². The van der Waals surface area contributed by atoms with Gasteiger partial charge in [-0.3, -0.25) is 19.2 Å². The number of esters is 1. The number of benzene rings is 2. The van der Waals surface area contributed by atoms with Gasteiger partial charge >= 0.3 is 5.97 Å². The van der Waals surface area contributed by atoms with Crippen LogP contribution in [0.3, 0.4) is 0 Å². The number of nitrogens with one attached hydrogen (secondary N) is 1. The van der Waals surface area contributed by atoms with Crippen LogP contribution in [0.15, 0.2) is 42.5 Å². The summed E-state index contributed by atoms with van der Waals surface area (Å²) in [7, 11) is 0. The first kappa shape index (κ1) is 21.8. The van der Waals surface area contributed by atoms with Crippen LogP contribution in [0.4, 0.5) is 11.4 Å². The Morgan fingerprint density at radius 3 is 2.50 bits per heavy atom. The normalized spacial score (nSPS) is 15.8. The van der Waals surface area contributed by atoms with Crippen LogP contribution >= 0.6 is 23.2 Å². The second-order valence-corrected chi connectivity index (χ2v) is 7.63. The highest BCUT2D eigenvalue weighted by Gasteiger charge is 2.37. The number of nitrogens with zero attached hydrogens (tertiary/aromatic N) is 1. The van der Waals surface area contributed by atoms with Crippen molar-refractivity contribution < 1.29 is 23.9 Å². The Hall–Kier alpha value is -2.90. The van der Waals surface area contributed by atoms with Gasteiger partial charge in [-0.05, 0) is 49.4 Å². The lowest BCUT2D eigenvalue weighted by Crippen LogP contribution is -2.28. The number of ether oxygens (including phenoxy) is 1. The van der Waals surface area contributed by atoms with Crippen molar-refractivity contribution in [3.05, 3.63) is 58.1 Å². The molecule has 0 bridgehead atoms. The molecule has 1 aliphatic rings. The SMILES string of the molecule is CC(=O)c1ccc(NC(=O)COC(=O)[C@H]2CC(=O)N(c3cc(Cl)ccc3Cl)C2)cc1. The molecule has 1 saturated heterocycles. The highest BCUT2D eigenvalue weighted by Crippen LogP contribution is 2.33. The van der Waals surface area contributed by atoms with Crippen LogP contribution in [0, 0.1) is 5.92 Å². The molecule has 0 radical (unpaired) electrons.